The predicted octanol–water partition coefficient (Wildman–Crippen LogP) is 1.86. The number of nitrogens with one attached hydrogen (secondary N) is 1. The number of hydrogen-bond donors (Lipinski definition) is 1. The highest BCUT2D eigenvalue weighted by molar-refractivity contribution is 9.10. The lowest BCUT2D eigenvalue weighted by Crippen LogP contribution is -1.89. The van der Waals surface area contributed by atoms with Crippen LogP contribution in [0.15, 0.2) is 22.0 Å². The molecule has 3 rings (SSSR count). The molecule has 1 N–H and O–H groups in total. The molecule has 3 heterocycles. The average Bonchev–Trinajstić information content (AvgIpc) is 3.01. The van der Waals surface area contributed by atoms with Gasteiger partial charge in [0.15, 0.2) is 5.82 Å². The summed E-state index contributed by atoms with van der Waals surface area (Å²) in [5.74, 6) is 2.79. The fraction of sp³-hybridized carbons (Fsp3) is 0.300. The number of aromatic nitrogens is 7. The molecule has 0 unspecified atom stereocenters. The number of aromatic amines is 1. The van der Waals surface area contributed by atoms with Crippen molar-refractivity contribution in [1.82, 2.24) is 34.8 Å². The quantitative estimate of drug-likeness (QED) is 0.730. The summed E-state index contributed by atoms with van der Waals surface area (Å²) in [7, 11) is 0. The molecule has 0 aliphatic carbocycles. The molecule has 9 heteroatoms. The zero-order valence-corrected chi connectivity index (χ0v) is 12.4. The van der Waals surface area contributed by atoms with Gasteiger partial charge >= 0.3 is 0 Å². The van der Waals surface area contributed by atoms with Gasteiger partial charge in [-0.05, 0) is 15.9 Å². The zero-order valence-electron chi connectivity index (χ0n) is 10.0. The van der Waals surface area contributed by atoms with Crippen molar-refractivity contribution in [3.05, 3.63) is 28.5 Å². The Labute approximate surface area is 121 Å². The van der Waals surface area contributed by atoms with Gasteiger partial charge in [-0.2, -0.15) is 4.98 Å². The van der Waals surface area contributed by atoms with Gasteiger partial charge in [0.1, 0.15) is 5.82 Å². The smallest absolute Gasteiger partial charge is 0.252 e. The van der Waals surface area contributed by atoms with Crippen LogP contribution in [0.25, 0.3) is 5.78 Å². The fourth-order valence-corrected chi connectivity index (χ4v) is 2.45. The van der Waals surface area contributed by atoms with Crippen LogP contribution in [0, 0.1) is 0 Å². The number of fused-ring (bicyclic) bond motifs is 1. The molecular weight excluding hydrogens is 330 g/mol. The van der Waals surface area contributed by atoms with Gasteiger partial charge in [-0.25, -0.2) is 14.5 Å². The van der Waals surface area contributed by atoms with E-state index >= 15 is 0 Å². The lowest BCUT2D eigenvalue weighted by Gasteiger charge is -1.90. The highest BCUT2D eigenvalue weighted by Gasteiger charge is 2.08. The molecule has 0 aromatic carbocycles. The van der Waals surface area contributed by atoms with Crippen LogP contribution in [0.3, 0.4) is 0 Å². The normalized spacial score (nSPS) is 11.3. The van der Waals surface area contributed by atoms with Crippen molar-refractivity contribution in [2.45, 2.75) is 24.3 Å². The van der Waals surface area contributed by atoms with Gasteiger partial charge in [0.05, 0.1) is 10.2 Å². The molecular formula is C10H10BrN7S. The lowest BCUT2D eigenvalue weighted by molar-refractivity contribution is 0.904. The molecule has 19 heavy (non-hydrogen) atoms. The number of hydrogen-bond acceptors (Lipinski definition) is 6. The van der Waals surface area contributed by atoms with Gasteiger partial charge in [-0.1, -0.05) is 18.7 Å². The first-order valence-corrected chi connectivity index (χ1v) is 7.43. The fourth-order valence-electron chi connectivity index (χ4n) is 1.49. The first-order valence-electron chi connectivity index (χ1n) is 5.65. The van der Waals surface area contributed by atoms with Gasteiger partial charge in [0.25, 0.3) is 5.78 Å². The minimum absolute atomic E-state index is 0.586. The summed E-state index contributed by atoms with van der Waals surface area (Å²) >= 11 is 4.85. The Morgan fingerprint density at radius 2 is 2.32 bits per heavy atom. The molecule has 0 aliphatic rings. The minimum atomic E-state index is 0.586. The molecule has 0 aliphatic heterocycles. The maximum absolute atomic E-state index is 4.34. The average molecular weight is 340 g/mol. The Morgan fingerprint density at radius 3 is 3.11 bits per heavy atom. The minimum Gasteiger partial charge on any atom is -0.262 e. The predicted molar refractivity (Wildman–Crippen MR) is 73.8 cm³/mol. The number of nitrogens with zero attached hydrogens (tertiary/aromatic N) is 6. The molecule has 3 aromatic rings. The van der Waals surface area contributed by atoms with E-state index in [2.05, 4.69) is 46.2 Å². The largest absolute Gasteiger partial charge is 0.262 e. The Bertz CT molecular complexity index is 707. The standard InChI is InChI=1S/C10H10BrN7S/c1-2-7-14-10(16-15-7)19-5-8-13-9-12-3-6(11)4-18(9)17-8/h3-4H,2,5H2,1H3,(H,14,15,16). The van der Waals surface area contributed by atoms with E-state index in [9.17, 15) is 0 Å². The number of halogens is 1. The summed E-state index contributed by atoms with van der Waals surface area (Å²) in [6.45, 7) is 2.03. The van der Waals surface area contributed by atoms with Crippen LogP contribution in [0.1, 0.15) is 18.6 Å². The Morgan fingerprint density at radius 1 is 1.42 bits per heavy atom. The molecule has 3 aromatic heterocycles. The first kappa shape index (κ1) is 12.5. The Balaban J connectivity index is 1.74. The van der Waals surface area contributed by atoms with E-state index < -0.39 is 0 Å². The number of rotatable bonds is 4. The van der Waals surface area contributed by atoms with Crippen molar-refractivity contribution < 1.29 is 0 Å². The Kier molecular flexibility index (Phi) is 3.47. The second-order valence-corrected chi connectivity index (χ2v) is 5.61. The van der Waals surface area contributed by atoms with Gasteiger partial charge in [0, 0.05) is 18.8 Å². The summed E-state index contributed by atoms with van der Waals surface area (Å²) in [6, 6.07) is 0. The third kappa shape index (κ3) is 2.76. The molecule has 0 fully saturated rings. The van der Waals surface area contributed by atoms with Crippen LogP contribution >= 0.6 is 27.7 Å². The second kappa shape index (κ2) is 5.25. The van der Waals surface area contributed by atoms with E-state index in [1.807, 2.05) is 13.1 Å². The second-order valence-electron chi connectivity index (χ2n) is 3.75. The molecule has 0 saturated heterocycles. The summed E-state index contributed by atoms with van der Waals surface area (Å²) < 4.78 is 2.51. The van der Waals surface area contributed by atoms with E-state index in [-0.39, 0.29) is 0 Å². The molecule has 0 amide bonds. The molecule has 0 radical (unpaired) electrons. The lowest BCUT2D eigenvalue weighted by atomic mass is 10.5. The maximum Gasteiger partial charge on any atom is 0.252 e. The Hall–Kier alpha value is -1.48. The van der Waals surface area contributed by atoms with Crippen LogP contribution in [0.5, 0.6) is 0 Å². The van der Waals surface area contributed by atoms with Crippen molar-refractivity contribution in [2.75, 3.05) is 0 Å². The molecule has 98 valence electrons. The summed E-state index contributed by atoms with van der Waals surface area (Å²) in [6.07, 6.45) is 4.37. The number of H-pyrrole nitrogens is 1. The van der Waals surface area contributed by atoms with E-state index in [0.29, 0.717) is 22.5 Å². The molecule has 0 saturated carbocycles. The van der Waals surface area contributed by atoms with Crippen molar-refractivity contribution in [2.24, 2.45) is 0 Å². The maximum atomic E-state index is 4.34. The monoisotopic (exact) mass is 339 g/mol. The topological polar surface area (TPSA) is 84.7 Å². The SMILES string of the molecule is CCc1nc(SCc2nc3ncc(Br)cn3n2)n[nH]1. The highest BCUT2D eigenvalue weighted by atomic mass is 79.9. The van der Waals surface area contributed by atoms with Gasteiger partial charge < -0.3 is 0 Å². The molecule has 0 bridgehead atoms. The van der Waals surface area contributed by atoms with Gasteiger partial charge in [-0.15, -0.1) is 10.2 Å². The molecule has 0 atom stereocenters. The first-order chi connectivity index (χ1) is 9.24. The van der Waals surface area contributed by atoms with Gasteiger partial charge in [0.2, 0.25) is 5.16 Å². The van der Waals surface area contributed by atoms with Crippen molar-refractivity contribution in [3.63, 3.8) is 0 Å². The van der Waals surface area contributed by atoms with Crippen LogP contribution in [-0.2, 0) is 12.2 Å². The molecule has 7 nitrogen and oxygen atoms in total. The van der Waals surface area contributed by atoms with Crippen molar-refractivity contribution in [3.8, 4) is 0 Å². The summed E-state index contributed by atoms with van der Waals surface area (Å²) in [5.41, 5.74) is 0. The van der Waals surface area contributed by atoms with Gasteiger partial charge in [-0.3, -0.25) is 5.10 Å². The summed E-state index contributed by atoms with van der Waals surface area (Å²) in [5, 5.41) is 12.0. The summed E-state index contributed by atoms with van der Waals surface area (Å²) in [4.78, 5) is 12.8. The number of aryl methyl sites for hydroxylation is 1. The zero-order chi connectivity index (χ0) is 13.2. The van der Waals surface area contributed by atoms with Crippen molar-refractivity contribution >= 4 is 33.5 Å². The van der Waals surface area contributed by atoms with E-state index in [0.717, 1.165) is 16.7 Å². The van der Waals surface area contributed by atoms with Crippen LogP contribution in [-0.4, -0.2) is 34.8 Å². The van der Waals surface area contributed by atoms with Crippen LogP contribution in [0.2, 0.25) is 0 Å². The molecule has 0 spiro atoms. The van der Waals surface area contributed by atoms with E-state index in [1.54, 1.807) is 10.7 Å². The van der Waals surface area contributed by atoms with Crippen molar-refractivity contribution in [1.29, 1.82) is 0 Å². The van der Waals surface area contributed by atoms with E-state index in [1.165, 1.54) is 11.8 Å². The highest BCUT2D eigenvalue weighted by Crippen LogP contribution is 2.17. The van der Waals surface area contributed by atoms with Crippen LogP contribution in [0.4, 0.5) is 0 Å². The van der Waals surface area contributed by atoms with E-state index in [4.69, 9.17) is 0 Å². The van der Waals surface area contributed by atoms with Crippen LogP contribution < -0.4 is 0 Å². The third-order valence-corrected chi connectivity index (χ3v) is 3.64. The number of thioether (sulfide) groups is 1. The third-order valence-electron chi connectivity index (χ3n) is 2.38.